The van der Waals surface area contributed by atoms with E-state index < -0.39 is 101 Å². The third-order valence-electron chi connectivity index (χ3n) is 6.51. The number of hydrogen-bond acceptors (Lipinski definition) is 15. The van der Waals surface area contributed by atoms with Gasteiger partial charge in [-0.1, -0.05) is 30.3 Å². The number of aliphatic hydroxyl groups is 6. The standard InChI is InChI=1S/C14H19NO6.C9H14N2O12P2/c16-7-9-12(18)13(19)11(14(20)21-9)15-10(17)6-8-4-2-1-3-5-8;12-5-1-2-11(9(15)10-5)8-7(14)6(13)4(22-8)3-21-25(19,20)23-24(16,17)18/h1-5,9,11-14,16,18-20H,6-7H2,(H,15,17);1-2,4,6-8,13-14H,3H2,(H,19,20)(H,10,12,15)(H2,16,17,18)/t9-,11-,12-,13-,14?;4-,6-,7-,8-/m11/s1. The van der Waals surface area contributed by atoms with Gasteiger partial charge in [0, 0.05) is 12.3 Å². The summed E-state index contributed by atoms with van der Waals surface area (Å²) in [5.74, 6) is -0.414. The first-order valence-corrected chi connectivity index (χ1v) is 16.2. The summed E-state index contributed by atoms with van der Waals surface area (Å²) in [4.78, 5) is 62.6. The number of ether oxygens (including phenoxy) is 2. The monoisotopic (exact) mass is 701 g/mol. The quantitative estimate of drug-likeness (QED) is 0.104. The molecule has 0 radical (unpaired) electrons. The number of aromatic amines is 1. The van der Waals surface area contributed by atoms with E-state index in [0.29, 0.717) is 0 Å². The van der Waals surface area contributed by atoms with Crippen LogP contribution in [-0.2, 0) is 38.7 Å². The van der Waals surface area contributed by atoms with Crippen LogP contribution in [0.5, 0.6) is 0 Å². The van der Waals surface area contributed by atoms with E-state index in [0.717, 1.165) is 22.4 Å². The lowest BCUT2D eigenvalue weighted by Crippen LogP contribution is -2.64. The second-order valence-corrected chi connectivity index (χ2v) is 12.7. The number of carbonyl (C=O) groups is 1. The molecule has 4 rings (SSSR count). The molecule has 10 atom stereocenters. The van der Waals surface area contributed by atoms with Crippen LogP contribution in [0.2, 0.25) is 0 Å². The Kier molecular flexibility index (Phi) is 13.1. The molecule has 3 heterocycles. The van der Waals surface area contributed by atoms with Crippen molar-refractivity contribution in [3.8, 4) is 0 Å². The van der Waals surface area contributed by atoms with Crippen molar-refractivity contribution in [1.29, 1.82) is 0 Å². The van der Waals surface area contributed by atoms with Gasteiger partial charge in [-0.25, -0.2) is 13.9 Å². The molecule has 2 aliphatic rings. The summed E-state index contributed by atoms with van der Waals surface area (Å²) in [5.41, 5.74) is -0.863. The van der Waals surface area contributed by atoms with E-state index in [-0.39, 0.29) is 6.42 Å². The van der Waals surface area contributed by atoms with Crippen LogP contribution in [0.1, 0.15) is 11.8 Å². The molecule has 0 spiro atoms. The van der Waals surface area contributed by atoms with Gasteiger partial charge in [-0.3, -0.25) is 23.7 Å². The molecule has 23 heteroatoms. The zero-order valence-corrected chi connectivity index (χ0v) is 25.2. The summed E-state index contributed by atoms with van der Waals surface area (Å²) in [6.07, 6.45) is -10.6. The molecule has 2 unspecified atom stereocenters. The number of carbonyl (C=O) groups excluding carboxylic acids is 1. The van der Waals surface area contributed by atoms with Crippen LogP contribution in [0.15, 0.2) is 52.2 Å². The van der Waals surface area contributed by atoms with Gasteiger partial charge < -0.3 is 60.1 Å². The topological polar surface area (TPSA) is 337 Å². The second-order valence-electron chi connectivity index (χ2n) is 9.88. The van der Waals surface area contributed by atoms with Crippen LogP contribution in [0.25, 0.3) is 0 Å². The number of phosphoric ester groups is 1. The van der Waals surface area contributed by atoms with Crippen LogP contribution in [0, 0.1) is 0 Å². The molecule has 2 saturated heterocycles. The highest BCUT2D eigenvalue weighted by Gasteiger charge is 2.46. The number of H-pyrrole nitrogens is 1. The van der Waals surface area contributed by atoms with E-state index in [1.807, 2.05) is 11.1 Å². The molecule has 2 aromatic rings. The zero-order chi connectivity index (χ0) is 34.4. The Balaban J connectivity index is 0.000000254. The van der Waals surface area contributed by atoms with Gasteiger partial charge in [0.2, 0.25) is 5.91 Å². The number of rotatable bonds is 10. The maximum atomic E-state index is 11.9. The first-order chi connectivity index (χ1) is 21.4. The van der Waals surface area contributed by atoms with Gasteiger partial charge in [0.25, 0.3) is 5.56 Å². The number of aliphatic hydroxyl groups excluding tert-OH is 6. The highest BCUT2D eigenvalue weighted by atomic mass is 31.3. The lowest BCUT2D eigenvalue weighted by Gasteiger charge is -2.40. The Morgan fingerprint density at radius 3 is 2.13 bits per heavy atom. The summed E-state index contributed by atoms with van der Waals surface area (Å²) in [5, 5.41) is 60.6. The predicted octanol–water partition coefficient (Wildman–Crippen LogP) is -4.47. The fourth-order valence-corrected chi connectivity index (χ4v) is 5.92. The van der Waals surface area contributed by atoms with Crippen LogP contribution < -0.4 is 16.6 Å². The fourth-order valence-electron chi connectivity index (χ4n) is 4.32. The SMILES string of the molecule is O=C(Cc1ccccc1)N[C@H]1C(O)O[C@H](CO)[C@@H](O)[C@@H]1O.O=c1ccn([C@@H]2O[C@H](COP(=O)(O)OP(=O)(O)O)[C@@H](O)[C@H]2O)c(=O)[nH]1. The van der Waals surface area contributed by atoms with Gasteiger partial charge in [-0.2, -0.15) is 4.31 Å². The van der Waals surface area contributed by atoms with Gasteiger partial charge in [-0.05, 0) is 5.56 Å². The number of nitrogens with zero attached hydrogens (tertiary/aromatic N) is 1. The van der Waals surface area contributed by atoms with Gasteiger partial charge in [0.1, 0.15) is 42.7 Å². The average Bonchev–Trinajstić information content (AvgIpc) is 3.24. The van der Waals surface area contributed by atoms with E-state index in [4.69, 9.17) is 29.3 Å². The first-order valence-electron chi connectivity index (χ1n) is 13.1. The molecule has 1 aromatic carbocycles. The minimum absolute atomic E-state index is 0.0797. The molecule has 11 N–H and O–H groups in total. The van der Waals surface area contributed by atoms with Gasteiger partial charge in [0.05, 0.1) is 19.6 Å². The Labute approximate surface area is 258 Å². The van der Waals surface area contributed by atoms with E-state index in [9.17, 15) is 49.0 Å². The average molecular weight is 701 g/mol. The molecule has 2 fully saturated rings. The summed E-state index contributed by atoms with van der Waals surface area (Å²) in [7, 11) is -10.5. The van der Waals surface area contributed by atoms with E-state index >= 15 is 0 Å². The van der Waals surface area contributed by atoms with Crippen LogP contribution in [-0.4, -0.2) is 123 Å². The Morgan fingerprint density at radius 2 is 1.54 bits per heavy atom. The summed E-state index contributed by atoms with van der Waals surface area (Å²) in [6.45, 7) is -1.44. The van der Waals surface area contributed by atoms with Gasteiger partial charge >= 0.3 is 21.3 Å². The Hall–Kier alpha value is -2.69. The first kappa shape index (κ1) is 37.8. The van der Waals surface area contributed by atoms with Crippen LogP contribution >= 0.6 is 15.6 Å². The van der Waals surface area contributed by atoms with Crippen molar-refractivity contribution in [2.45, 2.75) is 61.6 Å². The minimum atomic E-state index is -5.32. The van der Waals surface area contributed by atoms with Gasteiger partial charge in [-0.15, -0.1) is 0 Å². The van der Waals surface area contributed by atoms with Crippen molar-refractivity contribution >= 4 is 21.6 Å². The van der Waals surface area contributed by atoms with Crippen LogP contribution in [0.3, 0.4) is 0 Å². The number of phosphoric acid groups is 2. The maximum Gasteiger partial charge on any atom is 0.481 e. The van der Waals surface area contributed by atoms with Crippen molar-refractivity contribution in [1.82, 2.24) is 14.9 Å². The van der Waals surface area contributed by atoms with Crippen molar-refractivity contribution in [2.24, 2.45) is 0 Å². The van der Waals surface area contributed by atoms with E-state index in [2.05, 4.69) is 14.2 Å². The van der Waals surface area contributed by atoms with Crippen LogP contribution in [0.4, 0.5) is 0 Å². The number of amides is 1. The molecule has 2 aliphatic heterocycles. The molecular weight excluding hydrogens is 668 g/mol. The molecule has 46 heavy (non-hydrogen) atoms. The largest absolute Gasteiger partial charge is 0.481 e. The normalized spacial score (nSPS) is 30.9. The van der Waals surface area contributed by atoms with E-state index in [1.54, 1.807) is 24.3 Å². The van der Waals surface area contributed by atoms with E-state index in [1.165, 1.54) is 0 Å². The molecule has 258 valence electrons. The molecule has 0 saturated carbocycles. The third-order valence-corrected chi connectivity index (χ3v) is 8.66. The molecule has 1 amide bonds. The molecule has 0 bridgehead atoms. The number of nitrogens with one attached hydrogen (secondary N) is 2. The smallest absolute Gasteiger partial charge is 0.394 e. The molecular formula is C23H33N3O18P2. The number of hydrogen-bond donors (Lipinski definition) is 11. The number of aromatic nitrogens is 2. The summed E-state index contributed by atoms with van der Waals surface area (Å²) >= 11 is 0. The van der Waals surface area contributed by atoms with Crippen molar-refractivity contribution < 1.29 is 77.6 Å². The third kappa shape index (κ3) is 10.4. The highest BCUT2D eigenvalue weighted by Crippen LogP contribution is 2.57. The molecule has 0 aliphatic carbocycles. The Bertz CT molecular complexity index is 1520. The Morgan fingerprint density at radius 1 is 0.913 bits per heavy atom. The minimum Gasteiger partial charge on any atom is -0.394 e. The molecule has 21 nitrogen and oxygen atoms in total. The zero-order valence-electron chi connectivity index (χ0n) is 23.4. The maximum absolute atomic E-state index is 11.9. The lowest BCUT2D eigenvalue weighted by atomic mass is 9.97. The number of benzene rings is 1. The van der Waals surface area contributed by atoms with Gasteiger partial charge in [0.15, 0.2) is 12.5 Å². The second kappa shape index (κ2) is 15.9. The van der Waals surface area contributed by atoms with Crippen molar-refractivity contribution in [2.75, 3.05) is 13.2 Å². The lowest BCUT2D eigenvalue weighted by molar-refractivity contribution is -0.253. The van der Waals surface area contributed by atoms with Crippen molar-refractivity contribution in [3.63, 3.8) is 0 Å². The predicted molar refractivity (Wildman–Crippen MR) is 148 cm³/mol. The molecule has 1 aromatic heterocycles. The van der Waals surface area contributed by atoms with Crippen molar-refractivity contribution in [3.05, 3.63) is 69.0 Å². The highest BCUT2D eigenvalue weighted by molar-refractivity contribution is 7.60. The fraction of sp³-hybridized carbons (Fsp3) is 0.522. The summed E-state index contributed by atoms with van der Waals surface area (Å²) in [6, 6.07) is 8.79. The summed E-state index contributed by atoms with van der Waals surface area (Å²) < 4.78 is 40.6.